The number of hydrogen-bond donors (Lipinski definition) is 1. The lowest BCUT2D eigenvalue weighted by atomic mass is 10.3. The number of benzene rings is 1. The Morgan fingerprint density at radius 3 is 2.65 bits per heavy atom. The number of sulfonamides is 1. The summed E-state index contributed by atoms with van der Waals surface area (Å²) in [5.41, 5.74) is 6.00. The summed E-state index contributed by atoms with van der Waals surface area (Å²) < 4.78 is 26.0. The first-order valence-corrected chi connectivity index (χ1v) is 7.04. The first-order chi connectivity index (χ1) is 8.01. The van der Waals surface area contributed by atoms with Crippen LogP contribution >= 0.6 is 11.6 Å². The van der Waals surface area contributed by atoms with E-state index in [-0.39, 0.29) is 9.92 Å². The van der Waals surface area contributed by atoms with Crippen molar-refractivity contribution in [1.82, 2.24) is 4.31 Å². The molecule has 1 aromatic rings. The Balaban J connectivity index is 2.40. The van der Waals surface area contributed by atoms with Gasteiger partial charge in [-0.3, -0.25) is 0 Å². The predicted octanol–water partition coefficient (Wildman–Crippen LogP) is 1.87. The highest BCUT2D eigenvalue weighted by molar-refractivity contribution is 7.89. The van der Waals surface area contributed by atoms with E-state index in [0.29, 0.717) is 18.8 Å². The maximum absolute atomic E-state index is 12.3. The molecule has 2 N–H and O–H groups in total. The van der Waals surface area contributed by atoms with E-state index in [1.54, 1.807) is 6.07 Å². The van der Waals surface area contributed by atoms with Gasteiger partial charge in [0, 0.05) is 18.8 Å². The summed E-state index contributed by atoms with van der Waals surface area (Å²) in [7, 11) is -3.51. The zero-order valence-corrected chi connectivity index (χ0v) is 10.7. The summed E-state index contributed by atoms with van der Waals surface area (Å²) in [6.07, 6.45) is 4.54. The van der Waals surface area contributed by atoms with Crippen LogP contribution in [0, 0.1) is 0 Å². The molecule has 0 saturated carbocycles. The van der Waals surface area contributed by atoms with Gasteiger partial charge in [-0.15, -0.1) is 0 Å². The van der Waals surface area contributed by atoms with Gasteiger partial charge >= 0.3 is 0 Å². The van der Waals surface area contributed by atoms with E-state index in [1.165, 1.54) is 16.4 Å². The van der Waals surface area contributed by atoms with Crippen molar-refractivity contribution < 1.29 is 8.42 Å². The van der Waals surface area contributed by atoms with Crippen molar-refractivity contribution in [1.29, 1.82) is 0 Å². The average Bonchev–Trinajstić information content (AvgIpc) is 2.29. The van der Waals surface area contributed by atoms with Gasteiger partial charge in [-0.05, 0) is 24.6 Å². The molecule has 0 radical (unpaired) electrons. The van der Waals surface area contributed by atoms with E-state index in [0.717, 1.165) is 6.42 Å². The van der Waals surface area contributed by atoms with Crippen molar-refractivity contribution in [3.8, 4) is 0 Å². The van der Waals surface area contributed by atoms with Crippen molar-refractivity contribution in [2.45, 2.75) is 11.3 Å². The van der Waals surface area contributed by atoms with Crippen LogP contribution in [0.15, 0.2) is 35.2 Å². The van der Waals surface area contributed by atoms with Crippen LogP contribution in [0.3, 0.4) is 0 Å². The first kappa shape index (κ1) is 12.4. The van der Waals surface area contributed by atoms with Crippen molar-refractivity contribution in [2.75, 3.05) is 18.8 Å². The van der Waals surface area contributed by atoms with E-state index >= 15 is 0 Å². The van der Waals surface area contributed by atoms with Crippen molar-refractivity contribution in [3.05, 3.63) is 35.4 Å². The van der Waals surface area contributed by atoms with Crippen LogP contribution in [-0.2, 0) is 10.0 Å². The van der Waals surface area contributed by atoms with Crippen LogP contribution in [0.1, 0.15) is 6.42 Å². The molecule has 17 heavy (non-hydrogen) atoms. The minimum Gasteiger partial charge on any atom is -0.399 e. The van der Waals surface area contributed by atoms with Gasteiger partial charge in [0.1, 0.15) is 4.90 Å². The molecule has 0 saturated heterocycles. The number of anilines is 1. The number of hydrogen-bond acceptors (Lipinski definition) is 3. The molecule has 0 fully saturated rings. The first-order valence-electron chi connectivity index (χ1n) is 5.22. The van der Waals surface area contributed by atoms with Crippen molar-refractivity contribution >= 4 is 27.3 Å². The number of nitrogens with zero attached hydrogens (tertiary/aromatic N) is 1. The molecule has 4 nitrogen and oxygen atoms in total. The van der Waals surface area contributed by atoms with Crippen molar-refractivity contribution in [3.63, 3.8) is 0 Å². The SMILES string of the molecule is Nc1ccc(S(=O)(=O)N2CC=CCC2)c(Cl)c1. The molecule has 1 aromatic carbocycles. The molecule has 92 valence electrons. The van der Waals surface area contributed by atoms with E-state index in [2.05, 4.69) is 0 Å². The zero-order valence-electron chi connectivity index (χ0n) is 9.14. The highest BCUT2D eigenvalue weighted by atomic mass is 35.5. The van der Waals surface area contributed by atoms with Gasteiger partial charge in [0.25, 0.3) is 0 Å². The highest BCUT2D eigenvalue weighted by Crippen LogP contribution is 2.27. The molecule has 1 aliphatic heterocycles. The number of rotatable bonds is 2. The molecule has 6 heteroatoms. The minimum atomic E-state index is -3.51. The second-order valence-electron chi connectivity index (χ2n) is 3.81. The van der Waals surface area contributed by atoms with Crippen LogP contribution in [0.4, 0.5) is 5.69 Å². The van der Waals surface area contributed by atoms with Gasteiger partial charge in [0.15, 0.2) is 0 Å². The lowest BCUT2D eigenvalue weighted by Crippen LogP contribution is -2.33. The summed E-state index contributed by atoms with van der Waals surface area (Å²) in [6.45, 7) is 0.878. The third kappa shape index (κ3) is 2.46. The summed E-state index contributed by atoms with van der Waals surface area (Å²) in [4.78, 5) is 0.115. The Morgan fingerprint density at radius 1 is 1.29 bits per heavy atom. The zero-order chi connectivity index (χ0) is 12.5. The Bertz CT molecular complexity index is 555. The topological polar surface area (TPSA) is 63.4 Å². The van der Waals surface area contributed by atoms with Gasteiger partial charge in [0.2, 0.25) is 10.0 Å². The fourth-order valence-electron chi connectivity index (χ4n) is 1.70. The van der Waals surface area contributed by atoms with Crippen LogP contribution < -0.4 is 5.73 Å². The molecule has 0 aromatic heterocycles. The molecule has 2 rings (SSSR count). The standard InChI is InChI=1S/C11H13ClN2O2S/c12-10-8-9(13)4-5-11(10)17(15,16)14-6-2-1-3-7-14/h1-2,4-5,8H,3,6-7,13H2. The van der Waals surface area contributed by atoms with E-state index < -0.39 is 10.0 Å². The Hall–Kier alpha value is -1.04. The van der Waals surface area contributed by atoms with Gasteiger partial charge in [-0.1, -0.05) is 23.8 Å². The summed E-state index contributed by atoms with van der Waals surface area (Å²) in [6, 6.07) is 4.44. The van der Waals surface area contributed by atoms with Gasteiger partial charge in [0.05, 0.1) is 5.02 Å². The molecule has 0 spiro atoms. The van der Waals surface area contributed by atoms with Crippen LogP contribution in [-0.4, -0.2) is 25.8 Å². The Kier molecular flexibility index (Phi) is 3.42. The van der Waals surface area contributed by atoms with Crippen LogP contribution in [0.5, 0.6) is 0 Å². The second-order valence-corrected chi connectivity index (χ2v) is 6.13. The Morgan fingerprint density at radius 2 is 2.06 bits per heavy atom. The monoisotopic (exact) mass is 272 g/mol. The lowest BCUT2D eigenvalue weighted by Gasteiger charge is -2.23. The quantitative estimate of drug-likeness (QED) is 0.660. The summed E-state index contributed by atoms with van der Waals surface area (Å²) in [5, 5.41) is 0.166. The fourth-order valence-corrected chi connectivity index (χ4v) is 3.64. The average molecular weight is 273 g/mol. The number of nitrogen functional groups attached to an aromatic ring is 1. The largest absolute Gasteiger partial charge is 0.399 e. The normalized spacial score (nSPS) is 17.2. The molecule has 0 amide bonds. The third-order valence-electron chi connectivity index (χ3n) is 2.59. The van der Waals surface area contributed by atoms with Crippen LogP contribution in [0.25, 0.3) is 0 Å². The molecule has 0 bridgehead atoms. The Labute approximate surface area is 106 Å². The van der Waals surface area contributed by atoms with E-state index in [4.69, 9.17) is 17.3 Å². The number of halogens is 1. The predicted molar refractivity (Wildman–Crippen MR) is 68.4 cm³/mol. The molecule has 0 aliphatic carbocycles. The van der Waals surface area contributed by atoms with Gasteiger partial charge in [-0.2, -0.15) is 4.31 Å². The second kappa shape index (κ2) is 4.68. The third-order valence-corrected chi connectivity index (χ3v) is 4.94. The molecule has 1 aliphatic rings. The minimum absolute atomic E-state index is 0.115. The summed E-state index contributed by atoms with van der Waals surface area (Å²) in [5.74, 6) is 0. The molecule has 0 atom stereocenters. The molecular formula is C11H13ClN2O2S. The maximum Gasteiger partial charge on any atom is 0.244 e. The molecule has 1 heterocycles. The van der Waals surface area contributed by atoms with Crippen molar-refractivity contribution in [2.24, 2.45) is 0 Å². The van der Waals surface area contributed by atoms with Gasteiger partial charge < -0.3 is 5.73 Å². The smallest absolute Gasteiger partial charge is 0.244 e. The van der Waals surface area contributed by atoms with Gasteiger partial charge in [-0.25, -0.2) is 8.42 Å². The maximum atomic E-state index is 12.3. The van der Waals surface area contributed by atoms with Crippen LogP contribution in [0.2, 0.25) is 5.02 Å². The van der Waals surface area contributed by atoms with E-state index in [9.17, 15) is 8.42 Å². The fraction of sp³-hybridized carbons (Fsp3) is 0.273. The highest BCUT2D eigenvalue weighted by Gasteiger charge is 2.26. The summed E-state index contributed by atoms with van der Waals surface area (Å²) >= 11 is 5.93. The molecule has 0 unspecified atom stereocenters. The van der Waals surface area contributed by atoms with E-state index in [1.807, 2.05) is 12.2 Å². The molecular weight excluding hydrogens is 260 g/mol. The lowest BCUT2D eigenvalue weighted by molar-refractivity contribution is 0.437. The number of nitrogens with two attached hydrogens (primary N) is 1.